The number of nitrogens with zero attached hydrogens (tertiary/aromatic N) is 3. The normalized spacial score (nSPS) is 10.9. The Hall–Kier alpha value is -5.70. The third kappa shape index (κ3) is 6.37. The van der Waals surface area contributed by atoms with Gasteiger partial charge in [-0.05, 0) is 90.3 Å². The quantitative estimate of drug-likeness (QED) is 0.116. The van der Waals surface area contributed by atoms with E-state index in [4.69, 9.17) is 9.47 Å². The van der Waals surface area contributed by atoms with Gasteiger partial charge in [-0.2, -0.15) is 5.10 Å². The van der Waals surface area contributed by atoms with Crippen molar-refractivity contribution >= 4 is 17.8 Å². The number of carbonyl (C=O) groups excluding carboxylic acids is 1. The number of hydrogen-bond donors (Lipinski definition) is 1. The number of hydrazone groups is 1. The van der Waals surface area contributed by atoms with Crippen LogP contribution in [0.1, 0.15) is 27.2 Å². The van der Waals surface area contributed by atoms with E-state index in [9.17, 15) is 14.9 Å². The Bertz CT molecular complexity index is 1730. The van der Waals surface area contributed by atoms with Crippen LogP contribution in [0.2, 0.25) is 0 Å². The van der Waals surface area contributed by atoms with Gasteiger partial charge in [-0.3, -0.25) is 14.9 Å². The third-order valence-electron chi connectivity index (χ3n) is 6.64. The molecule has 42 heavy (non-hydrogen) atoms. The van der Waals surface area contributed by atoms with Gasteiger partial charge in [0.2, 0.25) is 0 Å². The lowest BCUT2D eigenvalue weighted by atomic mass is 10.1. The largest absolute Gasteiger partial charge is 0.493 e. The van der Waals surface area contributed by atoms with Crippen molar-refractivity contribution in [2.45, 2.75) is 13.5 Å². The average Bonchev–Trinajstić information content (AvgIpc) is 3.42. The molecular weight excluding hydrogens is 532 g/mol. The minimum Gasteiger partial charge on any atom is -0.493 e. The number of aryl methyl sites for hydroxylation is 1. The fourth-order valence-corrected chi connectivity index (χ4v) is 4.47. The first-order valence-electron chi connectivity index (χ1n) is 13.1. The highest BCUT2D eigenvalue weighted by atomic mass is 16.6. The van der Waals surface area contributed by atoms with Gasteiger partial charge in [0.25, 0.3) is 11.6 Å². The maximum absolute atomic E-state index is 12.7. The Kier molecular flexibility index (Phi) is 8.39. The maximum Gasteiger partial charge on any atom is 0.271 e. The molecule has 0 fully saturated rings. The minimum atomic E-state index is -0.445. The Labute approximate surface area is 242 Å². The zero-order valence-electron chi connectivity index (χ0n) is 23.1. The molecule has 0 spiro atoms. The van der Waals surface area contributed by atoms with E-state index in [1.54, 1.807) is 42.5 Å². The van der Waals surface area contributed by atoms with Crippen LogP contribution in [0.25, 0.3) is 16.9 Å². The molecule has 0 aliphatic rings. The van der Waals surface area contributed by atoms with E-state index in [2.05, 4.69) is 46.3 Å². The lowest BCUT2D eigenvalue weighted by molar-refractivity contribution is -0.384. The molecule has 0 radical (unpaired) electrons. The molecule has 1 heterocycles. The van der Waals surface area contributed by atoms with Gasteiger partial charge in [-0.25, -0.2) is 5.43 Å². The number of amides is 1. The van der Waals surface area contributed by atoms with E-state index in [-0.39, 0.29) is 18.2 Å². The molecule has 0 atom stereocenters. The van der Waals surface area contributed by atoms with Crippen LogP contribution in [-0.2, 0) is 6.61 Å². The standard InChI is InChI=1S/C33H28N4O5/c1-23-8-18-30(26-6-4-3-5-7-26)36(23)28-16-12-27(13-17-28)33(38)35-34-21-25-11-19-31(32(20-25)41-2)42-22-24-9-14-29(15-10-24)37(39)40/h3-21H,22H2,1-2H3,(H,35,38). The number of nitro groups is 1. The van der Waals surface area contributed by atoms with Crippen molar-refractivity contribution in [2.24, 2.45) is 5.10 Å². The predicted octanol–water partition coefficient (Wildman–Crippen LogP) is 6.71. The Morgan fingerprint density at radius 3 is 2.36 bits per heavy atom. The van der Waals surface area contributed by atoms with Gasteiger partial charge in [-0.15, -0.1) is 0 Å². The number of aromatic nitrogens is 1. The van der Waals surface area contributed by atoms with E-state index >= 15 is 0 Å². The second-order valence-corrected chi connectivity index (χ2v) is 9.43. The number of carbonyl (C=O) groups is 1. The van der Waals surface area contributed by atoms with E-state index in [1.165, 1.54) is 25.5 Å². The number of ether oxygens (including phenoxy) is 2. The number of nitrogens with one attached hydrogen (secondary N) is 1. The molecule has 0 saturated carbocycles. The summed E-state index contributed by atoms with van der Waals surface area (Å²) in [5.41, 5.74) is 8.79. The maximum atomic E-state index is 12.7. The fraction of sp³-hybridized carbons (Fsp3) is 0.0909. The number of rotatable bonds is 10. The van der Waals surface area contributed by atoms with E-state index < -0.39 is 4.92 Å². The Balaban J connectivity index is 1.21. The first kappa shape index (κ1) is 27.9. The smallest absolute Gasteiger partial charge is 0.271 e. The van der Waals surface area contributed by atoms with Crippen LogP contribution in [0.5, 0.6) is 11.5 Å². The molecule has 0 unspecified atom stereocenters. The molecular formula is C33H28N4O5. The third-order valence-corrected chi connectivity index (χ3v) is 6.64. The van der Waals surface area contributed by atoms with Crippen molar-refractivity contribution in [3.8, 4) is 28.4 Å². The fourth-order valence-electron chi connectivity index (χ4n) is 4.47. The van der Waals surface area contributed by atoms with Gasteiger partial charge in [0.1, 0.15) is 6.61 Å². The summed E-state index contributed by atoms with van der Waals surface area (Å²) in [5.74, 6) is 0.656. The van der Waals surface area contributed by atoms with Crippen LogP contribution in [0.15, 0.2) is 114 Å². The highest BCUT2D eigenvalue weighted by Crippen LogP contribution is 2.29. The van der Waals surface area contributed by atoms with Crippen molar-refractivity contribution < 1.29 is 19.2 Å². The van der Waals surface area contributed by atoms with Crippen LogP contribution >= 0.6 is 0 Å². The van der Waals surface area contributed by atoms with Gasteiger partial charge in [-0.1, -0.05) is 30.3 Å². The van der Waals surface area contributed by atoms with Crippen molar-refractivity contribution in [1.82, 2.24) is 9.99 Å². The summed E-state index contributed by atoms with van der Waals surface area (Å²) >= 11 is 0. The van der Waals surface area contributed by atoms with Gasteiger partial charge in [0.05, 0.1) is 23.9 Å². The number of benzene rings is 4. The van der Waals surface area contributed by atoms with Crippen molar-refractivity contribution in [3.63, 3.8) is 0 Å². The molecule has 9 nitrogen and oxygen atoms in total. The first-order valence-corrected chi connectivity index (χ1v) is 13.1. The molecule has 4 aromatic carbocycles. The first-order chi connectivity index (χ1) is 20.4. The van der Waals surface area contributed by atoms with Crippen LogP contribution in [-0.4, -0.2) is 28.7 Å². The number of nitro benzene ring substituents is 1. The summed E-state index contributed by atoms with van der Waals surface area (Å²) in [7, 11) is 1.53. The number of methoxy groups -OCH3 is 1. The van der Waals surface area contributed by atoms with Gasteiger partial charge in [0, 0.05) is 29.1 Å². The van der Waals surface area contributed by atoms with E-state index in [0.717, 1.165) is 28.2 Å². The van der Waals surface area contributed by atoms with Gasteiger partial charge in [0.15, 0.2) is 11.5 Å². The van der Waals surface area contributed by atoms with Gasteiger partial charge < -0.3 is 14.0 Å². The van der Waals surface area contributed by atoms with E-state index in [1.807, 2.05) is 30.3 Å². The molecule has 1 aromatic heterocycles. The van der Waals surface area contributed by atoms with Crippen LogP contribution in [0.4, 0.5) is 5.69 Å². The van der Waals surface area contributed by atoms with Crippen LogP contribution in [0, 0.1) is 17.0 Å². The molecule has 1 N–H and O–H groups in total. The molecule has 0 saturated heterocycles. The zero-order valence-corrected chi connectivity index (χ0v) is 23.1. The number of hydrogen-bond acceptors (Lipinski definition) is 6. The highest BCUT2D eigenvalue weighted by Gasteiger charge is 2.11. The van der Waals surface area contributed by atoms with Crippen LogP contribution < -0.4 is 14.9 Å². The highest BCUT2D eigenvalue weighted by molar-refractivity contribution is 5.95. The topological polar surface area (TPSA) is 108 Å². The lowest BCUT2D eigenvalue weighted by Crippen LogP contribution is -2.17. The summed E-state index contributed by atoms with van der Waals surface area (Å²) in [4.78, 5) is 23.1. The predicted molar refractivity (Wildman–Crippen MR) is 161 cm³/mol. The van der Waals surface area contributed by atoms with Crippen molar-refractivity contribution in [1.29, 1.82) is 0 Å². The summed E-state index contributed by atoms with van der Waals surface area (Å²) in [6.07, 6.45) is 1.52. The van der Waals surface area contributed by atoms with Crippen LogP contribution in [0.3, 0.4) is 0 Å². The summed E-state index contributed by atoms with van der Waals surface area (Å²) in [6, 6.07) is 33.1. The summed E-state index contributed by atoms with van der Waals surface area (Å²) in [6.45, 7) is 2.27. The summed E-state index contributed by atoms with van der Waals surface area (Å²) < 4.78 is 13.4. The van der Waals surface area contributed by atoms with E-state index in [0.29, 0.717) is 22.6 Å². The molecule has 9 heteroatoms. The molecule has 5 aromatic rings. The molecule has 0 aliphatic heterocycles. The number of non-ortho nitro benzene ring substituents is 1. The summed E-state index contributed by atoms with van der Waals surface area (Å²) in [5, 5.41) is 14.9. The molecule has 0 aliphatic carbocycles. The monoisotopic (exact) mass is 560 g/mol. The average molecular weight is 561 g/mol. The Morgan fingerprint density at radius 1 is 0.929 bits per heavy atom. The molecule has 1 amide bonds. The van der Waals surface area contributed by atoms with Gasteiger partial charge >= 0.3 is 0 Å². The lowest BCUT2D eigenvalue weighted by Gasteiger charge is -2.13. The molecule has 0 bridgehead atoms. The zero-order chi connectivity index (χ0) is 29.5. The van der Waals surface area contributed by atoms with Crippen molar-refractivity contribution in [3.05, 3.63) is 142 Å². The Morgan fingerprint density at radius 2 is 1.67 bits per heavy atom. The second-order valence-electron chi connectivity index (χ2n) is 9.43. The SMILES string of the molecule is COc1cc(C=NNC(=O)c2ccc(-n3c(C)ccc3-c3ccccc3)cc2)ccc1OCc1ccc([N+](=O)[O-])cc1. The second kappa shape index (κ2) is 12.6. The molecule has 210 valence electrons. The molecule has 5 rings (SSSR count). The van der Waals surface area contributed by atoms with Crippen molar-refractivity contribution in [2.75, 3.05) is 7.11 Å². The minimum absolute atomic E-state index is 0.0218.